The normalized spacial score (nSPS) is 28.1. The van der Waals surface area contributed by atoms with Crippen molar-refractivity contribution in [2.45, 2.75) is 46.3 Å². The Labute approximate surface area is 104 Å². The second-order valence-electron chi connectivity index (χ2n) is 6.25. The summed E-state index contributed by atoms with van der Waals surface area (Å²) in [4.78, 5) is 14.3. The van der Waals surface area contributed by atoms with E-state index in [1.54, 1.807) is 6.92 Å². The number of carbonyl (C=O) groups is 1. The molecule has 1 saturated heterocycles. The third kappa shape index (κ3) is 3.96. The summed E-state index contributed by atoms with van der Waals surface area (Å²) in [7, 11) is 0. The van der Waals surface area contributed by atoms with Crippen LogP contribution >= 0.6 is 0 Å². The zero-order chi connectivity index (χ0) is 13.2. The van der Waals surface area contributed by atoms with E-state index in [0.717, 1.165) is 13.1 Å². The molecule has 17 heavy (non-hydrogen) atoms. The third-order valence-electron chi connectivity index (χ3n) is 3.47. The van der Waals surface area contributed by atoms with Crippen molar-refractivity contribution in [3.63, 3.8) is 0 Å². The Hall–Kier alpha value is -0.610. The minimum absolute atomic E-state index is 0.0491. The van der Waals surface area contributed by atoms with Crippen LogP contribution in [0.2, 0.25) is 0 Å². The van der Waals surface area contributed by atoms with Crippen molar-refractivity contribution >= 4 is 5.91 Å². The predicted molar refractivity (Wildman–Crippen MR) is 68.7 cm³/mol. The highest BCUT2D eigenvalue weighted by molar-refractivity contribution is 5.79. The number of hydrogen-bond donors (Lipinski definition) is 2. The molecule has 100 valence electrons. The van der Waals surface area contributed by atoms with Crippen molar-refractivity contribution in [1.82, 2.24) is 10.2 Å². The Morgan fingerprint density at radius 1 is 1.47 bits per heavy atom. The highest BCUT2D eigenvalue weighted by atomic mass is 16.3. The van der Waals surface area contributed by atoms with Crippen molar-refractivity contribution in [3.8, 4) is 0 Å². The lowest BCUT2D eigenvalue weighted by molar-refractivity contribution is -0.126. The smallest absolute Gasteiger partial charge is 0.224 e. The molecule has 1 aliphatic rings. The first-order chi connectivity index (χ1) is 7.71. The van der Waals surface area contributed by atoms with E-state index >= 15 is 0 Å². The van der Waals surface area contributed by atoms with Crippen LogP contribution in [0.1, 0.15) is 34.6 Å². The Kier molecular flexibility index (Phi) is 4.55. The van der Waals surface area contributed by atoms with Gasteiger partial charge in [0.2, 0.25) is 5.91 Å². The molecular formula is C13H26N2O2. The number of nitrogens with zero attached hydrogens (tertiary/aromatic N) is 1. The Morgan fingerprint density at radius 2 is 2.06 bits per heavy atom. The van der Waals surface area contributed by atoms with Crippen molar-refractivity contribution in [3.05, 3.63) is 0 Å². The van der Waals surface area contributed by atoms with Gasteiger partial charge < -0.3 is 10.4 Å². The molecule has 3 atom stereocenters. The largest absolute Gasteiger partial charge is 0.392 e. The molecule has 2 N–H and O–H groups in total. The summed E-state index contributed by atoms with van der Waals surface area (Å²) in [5.41, 5.74) is 0.119. The van der Waals surface area contributed by atoms with Crippen LogP contribution in [0.25, 0.3) is 0 Å². The molecule has 0 bridgehead atoms. The van der Waals surface area contributed by atoms with Gasteiger partial charge in [-0.05, 0) is 33.6 Å². The van der Waals surface area contributed by atoms with Crippen LogP contribution in [0, 0.1) is 11.8 Å². The molecule has 1 fully saturated rings. The number of aliphatic hydroxyl groups is 1. The van der Waals surface area contributed by atoms with E-state index in [-0.39, 0.29) is 17.4 Å². The summed E-state index contributed by atoms with van der Waals surface area (Å²) in [5.74, 6) is 0.501. The number of hydrogen-bond acceptors (Lipinski definition) is 3. The predicted octanol–water partition coefficient (Wildman–Crippen LogP) is 0.850. The zero-order valence-electron chi connectivity index (χ0n) is 11.7. The third-order valence-corrected chi connectivity index (χ3v) is 3.47. The van der Waals surface area contributed by atoms with Crippen LogP contribution in [-0.4, -0.2) is 47.2 Å². The van der Waals surface area contributed by atoms with Gasteiger partial charge in [0.15, 0.2) is 0 Å². The summed E-state index contributed by atoms with van der Waals surface area (Å²) in [6.45, 7) is 12.5. The first kappa shape index (κ1) is 14.5. The molecule has 0 saturated carbocycles. The van der Waals surface area contributed by atoms with E-state index < -0.39 is 6.10 Å². The van der Waals surface area contributed by atoms with Gasteiger partial charge in [0.05, 0.1) is 12.0 Å². The second kappa shape index (κ2) is 5.36. The number of nitrogens with one attached hydrogen (secondary N) is 1. The van der Waals surface area contributed by atoms with Gasteiger partial charge in [-0.1, -0.05) is 6.92 Å². The number of carbonyl (C=O) groups excluding carboxylic acids is 1. The van der Waals surface area contributed by atoms with Gasteiger partial charge in [-0.3, -0.25) is 9.69 Å². The fraction of sp³-hybridized carbons (Fsp3) is 0.923. The van der Waals surface area contributed by atoms with E-state index in [0.29, 0.717) is 12.5 Å². The number of likely N-dealkylation sites (tertiary alicyclic amines) is 1. The molecule has 0 aliphatic carbocycles. The maximum atomic E-state index is 12.0. The van der Waals surface area contributed by atoms with Crippen LogP contribution in [0.4, 0.5) is 0 Å². The maximum Gasteiger partial charge on any atom is 0.224 e. The molecule has 4 heteroatoms. The van der Waals surface area contributed by atoms with Crippen LogP contribution in [0.3, 0.4) is 0 Å². The number of rotatable bonds is 3. The molecule has 1 aliphatic heterocycles. The second-order valence-corrected chi connectivity index (χ2v) is 6.25. The first-order valence-electron chi connectivity index (χ1n) is 6.42. The molecule has 1 heterocycles. The summed E-state index contributed by atoms with van der Waals surface area (Å²) < 4.78 is 0. The fourth-order valence-electron chi connectivity index (χ4n) is 2.24. The Morgan fingerprint density at radius 3 is 2.47 bits per heavy atom. The Bertz CT molecular complexity index is 271. The van der Waals surface area contributed by atoms with E-state index in [1.165, 1.54) is 0 Å². The highest BCUT2D eigenvalue weighted by Gasteiger charge is 2.38. The molecule has 1 unspecified atom stereocenters. The van der Waals surface area contributed by atoms with E-state index in [2.05, 4.69) is 37.9 Å². The summed E-state index contributed by atoms with van der Waals surface area (Å²) in [6.07, 6.45) is -0.477. The average Bonchev–Trinajstić information content (AvgIpc) is 2.56. The minimum Gasteiger partial charge on any atom is -0.392 e. The summed E-state index contributed by atoms with van der Waals surface area (Å²) >= 11 is 0. The molecule has 1 rings (SSSR count). The molecule has 0 aromatic rings. The van der Waals surface area contributed by atoms with E-state index in [9.17, 15) is 4.79 Å². The SMILES string of the molecule is CC(O)CNC(=O)[C@@H]1CN(C(C)(C)C)C[C@@H]1C. The zero-order valence-corrected chi connectivity index (χ0v) is 11.7. The van der Waals surface area contributed by atoms with Crippen molar-refractivity contribution in [2.24, 2.45) is 11.8 Å². The first-order valence-corrected chi connectivity index (χ1v) is 6.42. The lowest BCUT2D eigenvalue weighted by Crippen LogP contribution is -2.41. The number of amides is 1. The van der Waals surface area contributed by atoms with E-state index in [1.807, 2.05) is 0 Å². The molecule has 0 spiro atoms. The van der Waals surface area contributed by atoms with Crippen molar-refractivity contribution in [1.29, 1.82) is 0 Å². The topological polar surface area (TPSA) is 52.6 Å². The number of aliphatic hydroxyl groups excluding tert-OH is 1. The molecule has 0 radical (unpaired) electrons. The fourth-order valence-corrected chi connectivity index (χ4v) is 2.24. The Balaban J connectivity index is 2.53. The highest BCUT2D eigenvalue weighted by Crippen LogP contribution is 2.28. The van der Waals surface area contributed by atoms with Crippen LogP contribution in [-0.2, 0) is 4.79 Å². The van der Waals surface area contributed by atoms with Crippen LogP contribution in [0.15, 0.2) is 0 Å². The van der Waals surface area contributed by atoms with Gasteiger partial charge in [-0.15, -0.1) is 0 Å². The molecule has 0 aromatic heterocycles. The van der Waals surface area contributed by atoms with Crippen molar-refractivity contribution < 1.29 is 9.90 Å². The molecule has 4 nitrogen and oxygen atoms in total. The van der Waals surface area contributed by atoms with Crippen molar-refractivity contribution in [2.75, 3.05) is 19.6 Å². The van der Waals surface area contributed by atoms with Crippen LogP contribution < -0.4 is 5.32 Å². The van der Waals surface area contributed by atoms with Crippen LogP contribution in [0.5, 0.6) is 0 Å². The molecule has 0 aromatic carbocycles. The standard InChI is InChI=1S/C13H26N2O2/c1-9-7-15(13(3,4)5)8-11(9)12(17)14-6-10(2)16/h9-11,16H,6-8H2,1-5H3,(H,14,17)/t9-,10?,11+/m0/s1. The van der Waals surface area contributed by atoms with Gasteiger partial charge in [0, 0.05) is 25.2 Å². The quantitative estimate of drug-likeness (QED) is 0.771. The summed E-state index contributed by atoms with van der Waals surface area (Å²) in [5, 5.41) is 12.0. The van der Waals surface area contributed by atoms with Gasteiger partial charge in [-0.25, -0.2) is 0 Å². The maximum absolute atomic E-state index is 12.0. The van der Waals surface area contributed by atoms with E-state index in [4.69, 9.17) is 5.11 Å². The minimum atomic E-state index is -0.477. The average molecular weight is 242 g/mol. The lowest BCUT2D eigenvalue weighted by Gasteiger charge is -2.31. The monoisotopic (exact) mass is 242 g/mol. The lowest BCUT2D eigenvalue weighted by atomic mass is 9.97. The molecule has 1 amide bonds. The summed E-state index contributed by atoms with van der Waals surface area (Å²) in [6, 6.07) is 0. The molecular weight excluding hydrogens is 216 g/mol. The van der Waals surface area contributed by atoms with Gasteiger partial charge in [-0.2, -0.15) is 0 Å². The van der Waals surface area contributed by atoms with Gasteiger partial charge in [0.25, 0.3) is 0 Å². The van der Waals surface area contributed by atoms with Gasteiger partial charge in [0.1, 0.15) is 0 Å². The van der Waals surface area contributed by atoms with Gasteiger partial charge >= 0.3 is 0 Å².